The van der Waals surface area contributed by atoms with E-state index in [1.54, 1.807) is 0 Å². The van der Waals surface area contributed by atoms with E-state index in [4.69, 9.17) is 5.73 Å². The number of halogens is 3. The predicted octanol–water partition coefficient (Wildman–Crippen LogP) is 2.00. The van der Waals surface area contributed by atoms with E-state index in [2.05, 4.69) is 15.0 Å². The molecule has 0 saturated carbocycles. The van der Waals surface area contributed by atoms with Crippen molar-refractivity contribution in [2.75, 3.05) is 0 Å². The molecule has 4 aromatic rings. The number of hydrogen-bond acceptors (Lipinski definition) is 5. The number of hydrogen-bond donors (Lipinski definition) is 3. The van der Waals surface area contributed by atoms with Crippen LogP contribution in [0.15, 0.2) is 41.2 Å². The van der Waals surface area contributed by atoms with Gasteiger partial charge in [-0.15, -0.1) is 0 Å². The highest BCUT2D eigenvalue weighted by molar-refractivity contribution is 6.02. The van der Waals surface area contributed by atoms with Gasteiger partial charge in [-0.05, 0) is 24.3 Å². The Bertz CT molecular complexity index is 1360. The van der Waals surface area contributed by atoms with Gasteiger partial charge in [-0.25, -0.2) is 32.5 Å². The normalized spacial score (nSPS) is 11.1. The van der Waals surface area contributed by atoms with Gasteiger partial charge >= 0.3 is 5.69 Å². The molecule has 8 nitrogen and oxygen atoms in total. The summed E-state index contributed by atoms with van der Waals surface area (Å²) in [6, 6.07) is 7.17. The van der Waals surface area contributed by atoms with Crippen LogP contribution in [0.3, 0.4) is 0 Å². The van der Waals surface area contributed by atoms with Gasteiger partial charge in [0.2, 0.25) is 0 Å². The third-order valence-electron chi connectivity index (χ3n) is 4.13. The van der Waals surface area contributed by atoms with Crippen LogP contribution in [0.1, 0.15) is 10.5 Å². The van der Waals surface area contributed by atoms with Gasteiger partial charge in [0.15, 0.2) is 34.6 Å². The number of H-pyrrole nitrogens is 1. The first-order chi connectivity index (χ1) is 13.8. The number of nitrogens with one attached hydrogen (secondary N) is 1. The Labute approximate surface area is 159 Å². The second kappa shape index (κ2) is 6.48. The topological polar surface area (TPSA) is 127 Å². The number of phenolic OH excluding ortho intramolecular Hbond substituents is 1. The molecule has 4 rings (SSSR count). The first-order valence-electron chi connectivity index (χ1n) is 8.03. The highest BCUT2D eigenvalue weighted by Crippen LogP contribution is 2.25. The summed E-state index contributed by atoms with van der Waals surface area (Å²) in [7, 11) is 0. The van der Waals surface area contributed by atoms with Crippen LogP contribution in [0.5, 0.6) is 5.75 Å². The van der Waals surface area contributed by atoms with E-state index in [9.17, 15) is 27.9 Å². The summed E-state index contributed by atoms with van der Waals surface area (Å²) in [5, 5.41) is 9.66. The molecule has 0 bridgehead atoms. The van der Waals surface area contributed by atoms with Crippen LogP contribution >= 0.6 is 0 Å². The van der Waals surface area contributed by atoms with Crippen molar-refractivity contribution in [3.8, 4) is 22.8 Å². The molecule has 0 aliphatic heterocycles. The van der Waals surface area contributed by atoms with Crippen LogP contribution in [0.25, 0.3) is 28.2 Å². The number of imidazole rings is 1. The Hall–Kier alpha value is -4.15. The van der Waals surface area contributed by atoms with Crippen molar-refractivity contribution in [1.29, 1.82) is 0 Å². The zero-order valence-electron chi connectivity index (χ0n) is 14.3. The molecular formula is C18H10F3N5O3. The minimum Gasteiger partial charge on any atom is -0.508 e. The van der Waals surface area contributed by atoms with Crippen LogP contribution in [0.2, 0.25) is 0 Å². The maximum atomic E-state index is 14.3. The zero-order valence-corrected chi connectivity index (χ0v) is 14.3. The number of carbonyl (C=O) groups excluding carboxylic acids is 1. The second-order valence-corrected chi connectivity index (χ2v) is 5.97. The van der Waals surface area contributed by atoms with Crippen molar-refractivity contribution in [2.24, 2.45) is 5.73 Å². The van der Waals surface area contributed by atoms with Gasteiger partial charge in [0.05, 0.1) is 5.69 Å². The molecule has 0 aliphatic carbocycles. The minimum atomic E-state index is -1.78. The van der Waals surface area contributed by atoms with Crippen LogP contribution < -0.4 is 11.4 Å². The van der Waals surface area contributed by atoms with Crippen LogP contribution in [-0.2, 0) is 0 Å². The quantitative estimate of drug-likeness (QED) is 0.453. The molecule has 4 N–H and O–H groups in total. The van der Waals surface area contributed by atoms with Crippen LogP contribution in [0, 0.1) is 17.5 Å². The number of nitrogens with two attached hydrogens (primary N) is 1. The van der Waals surface area contributed by atoms with E-state index in [0.717, 1.165) is 6.07 Å². The van der Waals surface area contributed by atoms with Crippen LogP contribution in [0.4, 0.5) is 13.2 Å². The lowest BCUT2D eigenvalue weighted by atomic mass is 10.2. The molecule has 146 valence electrons. The van der Waals surface area contributed by atoms with Crippen LogP contribution in [-0.4, -0.2) is 30.5 Å². The molecule has 0 atom stereocenters. The number of aromatic hydroxyl groups is 1. The third kappa shape index (κ3) is 2.88. The van der Waals surface area contributed by atoms with Crippen molar-refractivity contribution in [2.45, 2.75) is 0 Å². The standard InChI is InChI=1S/C18H10F3N5O3/c19-9-4-5-10(12(21)11(9)20)26-17-14(24-18(26)29)13(15(22)28)23-16(25-17)7-2-1-3-8(27)6-7/h1-6,27H,(H2,22,28)(H,24,29). The van der Waals surface area contributed by atoms with Gasteiger partial charge in [0.25, 0.3) is 5.91 Å². The molecule has 29 heavy (non-hydrogen) atoms. The fraction of sp³-hybridized carbons (Fsp3) is 0. The summed E-state index contributed by atoms with van der Waals surface area (Å²) in [6.45, 7) is 0. The first-order valence-corrected chi connectivity index (χ1v) is 8.03. The Balaban J connectivity index is 2.10. The number of primary amides is 1. The molecule has 1 amide bonds. The number of carbonyl (C=O) groups is 1. The number of phenols is 1. The largest absolute Gasteiger partial charge is 0.508 e. The summed E-state index contributed by atoms with van der Waals surface area (Å²) in [5.41, 5.74) is 3.11. The smallest absolute Gasteiger partial charge is 0.332 e. The highest BCUT2D eigenvalue weighted by atomic mass is 19.2. The highest BCUT2D eigenvalue weighted by Gasteiger charge is 2.23. The maximum Gasteiger partial charge on any atom is 0.332 e. The Kier molecular flexibility index (Phi) is 4.07. The summed E-state index contributed by atoms with van der Waals surface area (Å²) >= 11 is 0. The molecule has 2 aromatic carbocycles. The lowest BCUT2D eigenvalue weighted by Crippen LogP contribution is -2.17. The molecule has 0 fully saturated rings. The minimum absolute atomic E-state index is 0.113. The van der Waals surface area contributed by atoms with E-state index in [0.29, 0.717) is 10.6 Å². The van der Waals surface area contributed by atoms with Gasteiger partial charge < -0.3 is 15.8 Å². The summed E-state index contributed by atoms with van der Waals surface area (Å²) < 4.78 is 41.9. The average Bonchev–Trinajstić information content (AvgIpc) is 3.01. The molecule has 0 radical (unpaired) electrons. The van der Waals surface area contributed by atoms with Crippen molar-refractivity contribution < 1.29 is 23.1 Å². The molecular weight excluding hydrogens is 391 g/mol. The lowest BCUT2D eigenvalue weighted by molar-refractivity contribution is 0.0997. The lowest BCUT2D eigenvalue weighted by Gasteiger charge is -2.08. The molecule has 2 aromatic heterocycles. The average molecular weight is 401 g/mol. The van der Waals surface area contributed by atoms with E-state index in [1.165, 1.54) is 24.3 Å². The number of rotatable bonds is 3. The molecule has 0 unspecified atom stereocenters. The second-order valence-electron chi connectivity index (χ2n) is 5.97. The fourth-order valence-electron chi connectivity index (χ4n) is 2.85. The fourth-order valence-corrected chi connectivity index (χ4v) is 2.85. The van der Waals surface area contributed by atoms with E-state index in [1.807, 2.05) is 0 Å². The summed E-state index contributed by atoms with van der Waals surface area (Å²) in [5.74, 6) is -6.08. The van der Waals surface area contributed by atoms with E-state index >= 15 is 0 Å². The number of amides is 1. The molecule has 2 heterocycles. The van der Waals surface area contributed by atoms with Crippen molar-refractivity contribution in [1.82, 2.24) is 19.5 Å². The number of aromatic amines is 1. The van der Waals surface area contributed by atoms with E-state index in [-0.39, 0.29) is 34.0 Å². The van der Waals surface area contributed by atoms with Crippen molar-refractivity contribution in [3.05, 3.63) is 70.0 Å². The summed E-state index contributed by atoms with van der Waals surface area (Å²) in [6.07, 6.45) is 0. The van der Waals surface area contributed by atoms with Gasteiger partial charge in [-0.2, -0.15) is 0 Å². The van der Waals surface area contributed by atoms with Gasteiger partial charge in [0, 0.05) is 5.56 Å². The monoisotopic (exact) mass is 401 g/mol. The van der Waals surface area contributed by atoms with Gasteiger partial charge in [0.1, 0.15) is 11.3 Å². The zero-order chi connectivity index (χ0) is 20.9. The SMILES string of the molecule is NC(=O)c1nc(-c2cccc(O)c2)nc2c1[nH]c(=O)n2-c1ccc(F)c(F)c1F. The molecule has 0 spiro atoms. The van der Waals surface area contributed by atoms with Gasteiger partial charge in [-0.3, -0.25) is 4.79 Å². The van der Waals surface area contributed by atoms with Crippen molar-refractivity contribution >= 4 is 17.1 Å². The Morgan fingerprint density at radius 1 is 1.10 bits per heavy atom. The molecule has 0 aliphatic rings. The number of fused-ring (bicyclic) bond motifs is 1. The predicted molar refractivity (Wildman–Crippen MR) is 95.0 cm³/mol. The van der Waals surface area contributed by atoms with Crippen molar-refractivity contribution in [3.63, 3.8) is 0 Å². The Morgan fingerprint density at radius 3 is 2.55 bits per heavy atom. The number of nitrogens with zero attached hydrogens (tertiary/aromatic N) is 3. The Morgan fingerprint density at radius 2 is 1.86 bits per heavy atom. The number of benzene rings is 2. The van der Waals surface area contributed by atoms with E-state index < -0.39 is 34.7 Å². The summed E-state index contributed by atoms with van der Waals surface area (Å²) in [4.78, 5) is 34.7. The number of aromatic nitrogens is 4. The third-order valence-corrected chi connectivity index (χ3v) is 4.13. The maximum absolute atomic E-state index is 14.3. The first kappa shape index (κ1) is 18.2. The molecule has 0 saturated heterocycles. The van der Waals surface area contributed by atoms with Gasteiger partial charge in [-0.1, -0.05) is 12.1 Å². The molecule has 11 heteroatoms.